The van der Waals surface area contributed by atoms with E-state index in [4.69, 9.17) is 5.26 Å². The van der Waals surface area contributed by atoms with E-state index in [9.17, 15) is 4.79 Å². The molecule has 0 aromatic heterocycles. The Balaban J connectivity index is 2.91. The molecular formula is C16H22N2O. The molecule has 0 radical (unpaired) electrons. The molecule has 0 aliphatic carbocycles. The van der Waals surface area contributed by atoms with Crippen molar-refractivity contribution in [2.45, 2.75) is 40.2 Å². The second-order valence-corrected chi connectivity index (χ2v) is 4.84. The van der Waals surface area contributed by atoms with Crippen LogP contribution in [0.4, 0.5) is 0 Å². The Morgan fingerprint density at radius 2 is 1.84 bits per heavy atom. The summed E-state index contributed by atoms with van der Waals surface area (Å²) in [5.41, 5.74) is 1.71. The number of hydrogen-bond acceptors (Lipinski definition) is 2. The van der Waals surface area contributed by atoms with Gasteiger partial charge in [-0.15, -0.1) is 0 Å². The summed E-state index contributed by atoms with van der Waals surface area (Å²) in [7, 11) is 0. The normalized spacial score (nSPS) is 13.4. The van der Waals surface area contributed by atoms with Crippen LogP contribution in [0.2, 0.25) is 0 Å². The topological polar surface area (TPSA) is 44.1 Å². The zero-order valence-electron chi connectivity index (χ0n) is 12.2. The Bertz CT molecular complexity index is 459. The zero-order valence-corrected chi connectivity index (χ0v) is 12.2. The highest BCUT2D eigenvalue weighted by Gasteiger charge is 2.23. The lowest BCUT2D eigenvalue weighted by Crippen LogP contribution is -2.36. The zero-order chi connectivity index (χ0) is 14.4. The van der Waals surface area contributed by atoms with Gasteiger partial charge < -0.3 is 4.90 Å². The minimum Gasteiger partial charge on any atom is -0.336 e. The molecule has 1 aromatic rings. The predicted octanol–water partition coefficient (Wildman–Crippen LogP) is 3.51. The summed E-state index contributed by atoms with van der Waals surface area (Å²) < 4.78 is 0. The van der Waals surface area contributed by atoms with Crippen molar-refractivity contribution in [3.05, 3.63) is 35.4 Å². The Morgan fingerprint density at radius 3 is 2.26 bits per heavy atom. The first kappa shape index (κ1) is 15.2. The van der Waals surface area contributed by atoms with Crippen molar-refractivity contribution in [2.24, 2.45) is 5.92 Å². The van der Waals surface area contributed by atoms with Crippen LogP contribution < -0.4 is 0 Å². The van der Waals surface area contributed by atoms with Crippen LogP contribution in [0.5, 0.6) is 0 Å². The van der Waals surface area contributed by atoms with Crippen LogP contribution in [0.15, 0.2) is 24.3 Å². The first-order valence-corrected chi connectivity index (χ1v) is 6.85. The molecule has 0 saturated carbocycles. The highest BCUT2D eigenvalue weighted by atomic mass is 16.2. The van der Waals surface area contributed by atoms with Gasteiger partial charge in [0.2, 0.25) is 5.91 Å². The molecule has 1 aromatic carbocycles. The van der Waals surface area contributed by atoms with Crippen LogP contribution in [0.3, 0.4) is 0 Å². The largest absolute Gasteiger partial charge is 0.336 e. The minimum absolute atomic E-state index is 0.0410. The van der Waals surface area contributed by atoms with Gasteiger partial charge in [0.15, 0.2) is 0 Å². The quantitative estimate of drug-likeness (QED) is 0.811. The molecule has 3 nitrogen and oxygen atoms in total. The lowest BCUT2D eigenvalue weighted by molar-refractivity contribution is -0.137. The summed E-state index contributed by atoms with van der Waals surface area (Å²) in [5.74, 6) is 0.252. The maximum atomic E-state index is 12.3. The Morgan fingerprint density at radius 1 is 1.26 bits per heavy atom. The van der Waals surface area contributed by atoms with E-state index in [2.05, 4.69) is 6.07 Å². The molecule has 1 rings (SSSR count). The molecule has 19 heavy (non-hydrogen) atoms. The van der Waals surface area contributed by atoms with Crippen molar-refractivity contribution in [3.8, 4) is 6.07 Å². The molecule has 0 saturated heterocycles. The molecule has 0 heterocycles. The molecule has 0 aliphatic heterocycles. The third-order valence-corrected chi connectivity index (χ3v) is 3.65. The second kappa shape index (κ2) is 6.94. The summed E-state index contributed by atoms with van der Waals surface area (Å²) in [5, 5.41) is 8.80. The van der Waals surface area contributed by atoms with Crippen LogP contribution in [0.1, 0.15) is 51.3 Å². The van der Waals surface area contributed by atoms with Gasteiger partial charge in [0.25, 0.3) is 0 Å². The van der Waals surface area contributed by atoms with Crippen molar-refractivity contribution in [2.75, 3.05) is 6.54 Å². The van der Waals surface area contributed by atoms with Crippen molar-refractivity contribution in [3.63, 3.8) is 0 Å². The smallest absolute Gasteiger partial charge is 0.225 e. The Labute approximate surface area is 115 Å². The average molecular weight is 258 g/mol. The van der Waals surface area contributed by atoms with Crippen LogP contribution in [0, 0.1) is 17.2 Å². The van der Waals surface area contributed by atoms with Crippen molar-refractivity contribution < 1.29 is 4.79 Å². The number of carbonyl (C=O) groups excluding carboxylic acids is 1. The number of nitrogens with zero attached hydrogens (tertiary/aromatic N) is 2. The molecule has 1 amide bonds. The summed E-state index contributed by atoms with van der Waals surface area (Å²) in [6.45, 7) is 8.73. The molecule has 0 bridgehead atoms. The van der Waals surface area contributed by atoms with Gasteiger partial charge >= 0.3 is 0 Å². The van der Waals surface area contributed by atoms with E-state index in [-0.39, 0.29) is 17.9 Å². The minimum atomic E-state index is 0.0410. The van der Waals surface area contributed by atoms with Crippen LogP contribution in [0.25, 0.3) is 0 Å². The van der Waals surface area contributed by atoms with Crippen LogP contribution >= 0.6 is 0 Å². The summed E-state index contributed by atoms with van der Waals surface area (Å²) >= 11 is 0. The lowest BCUT2D eigenvalue weighted by atomic mass is 10.0. The number of amides is 1. The molecular weight excluding hydrogens is 236 g/mol. The van der Waals surface area contributed by atoms with Crippen molar-refractivity contribution in [1.29, 1.82) is 5.26 Å². The fourth-order valence-corrected chi connectivity index (χ4v) is 2.09. The fraction of sp³-hybridized carbons (Fsp3) is 0.500. The second-order valence-electron chi connectivity index (χ2n) is 4.84. The first-order chi connectivity index (χ1) is 9.04. The van der Waals surface area contributed by atoms with E-state index >= 15 is 0 Å². The molecule has 0 N–H and O–H groups in total. The standard InChI is InChI=1S/C16H22N2O/c1-5-12(3)16(19)18(6-2)13(4)15-9-7-14(11-17)8-10-15/h7-10,12-13H,5-6H2,1-4H3. The van der Waals surface area contributed by atoms with Gasteiger partial charge in [0.1, 0.15) is 0 Å². The van der Waals surface area contributed by atoms with Crippen LogP contribution in [-0.2, 0) is 4.79 Å². The fourth-order valence-electron chi connectivity index (χ4n) is 2.09. The highest BCUT2D eigenvalue weighted by Crippen LogP contribution is 2.23. The monoisotopic (exact) mass is 258 g/mol. The Kier molecular flexibility index (Phi) is 5.57. The maximum Gasteiger partial charge on any atom is 0.225 e. The molecule has 0 fully saturated rings. The molecule has 102 valence electrons. The average Bonchev–Trinajstić information content (AvgIpc) is 2.46. The highest BCUT2D eigenvalue weighted by molar-refractivity contribution is 5.78. The molecule has 0 spiro atoms. The van der Waals surface area contributed by atoms with E-state index in [1.165, 1.54) is 0 Å². The van der Waals surface area contributed by atoms with Gasteiger partial charge in [-0.05, 0) is 38.0 Å². The molecule has 2 unspecified atom stereocenters. The van der Waals surface area contributed by atoms with E-state index in [1.54, 1.807) is 12.1 Å². The lowest BCUT2D eigenvalue weighted by Gasteiger charge is -2.30. The van der Waals surface area contributed by atoms with Gasteiger partial charge in [-0.3, -0.25) is 4.79 Å². The van der Waals surface area contributed by atoms with E-state index in [0.717, 1.165) is 12.0 Å². The molecule has 2 atom stereocenters. The molecule has 0 aliphatic rings. The van der Waals surface area contributed by atoms with Crippen molar-refractivity contribution in [1.82, 2.24) is 4.90 Å². The van der Waals surface area contributed by atoms with Crippen molar-refractivity contribution >= 4 is 5.91 Å². The first-order valence-electron chi connectivity index (χ1n) is 6.85. The Hall–Kier alpha value is -1.82. The van der Waals surface area contributed by atoms with Gasteiger partial charge in [-0.2, -0.15) is 5.26 Å². The summed E-state index contributed by atoms with van der Waals surface area (Å²) in [6.07, 6.45) is 0.857. The molecule has 3 heteroatoms. The van der Waals surface area contributed by atoms with Gasteiger partial charge in [-0.1, -0.05) is 26.0 Å². The SMILES string of the molecule is CCC(C)C(=O)N(CC)C(C)c1ccc(C#N)cc1. The number of nitriles is 1. The van der Waals surface area contributed by atoms with Gasteiger partial charge in [0.05, 0.1) is 17.7 Å². The number of carbonyl (C=O) groups is 1. The maximum absolute atomic E-state index is 12.3. The number of hydrogen-bond donors (Lipinski definition) is 0. The summed E-state index contributed by atoms with van der Waals surface area (Å²) in [6, 6.07) is 9.60. The third kappa shape index (κ3) is 3.57. The third-order valence-electron chi connectivity index (χ3n) is 3.65. The number of rotatable bonds is 5. The van der Waals surface area contributed by atoms with E-state index < -0.39 is 0 Å². The van der Waals surface area contributed by atoms with E-state index in [1.807, 2.05) is 44.7 Å². The van der Waals surface area contributed by atoms with E-state index in [0.29, 0.717) is 12.1 Å². The van der Waals surface area contributed by atoms with Gasteiger partial charge in [-0.25, -0.2) is 0 Å². The predicted molar refractivity (Wildman–Crippen MR) is 76.4 cm³/mol. The van der Waals surface area contributed by atoms with Gasteiger partial charge in [0, 0.05) is 12.5 Å². The summed E-state index contributed by atoms with van der Waals surface area (Å²) in [4.78, 5) is 14.2. The number of benzene rings is 1. The van der Waals surface area contributed by atoms with Crippen LogP contribution in [-0.4, -0.2) is 17.4 Å².